The molecule has 0 atom stereocenters. The zero-order valence-electron chi connectivity index (χ0n) is 14.4. The number of carbonyl (C=O) groups excluding carboxylic acids is 1. The van der Waals surface area contributed by atoms with Crippen molar-refractivity contribution in [2.45, 2.75) is 36.7 Å². The number of anilines is 1. The molecule has 0 radical (unpaired) electrons. The summed E-state index contributed by atoms with van der Waals surface area (Å²) in [4.78, 5) is 22.0. The van der Waals surface area contributed by atoms with E-state index in [0.29, 0.717) is 12.1 Å². The molecule has 1 aromatic heterocycles. The molecule has 1 heterocycles. The van der Waals surface area contributed by atoms with Crippen LogP contribution in [-0.2, 0) is 16.6 Å². The van der Waals surface area contributed by atoms with E-state index in [2.05, 4.69) is 14.7 Å². The molecule has 0 unspecified atom stereocenters. The first-order chi connectivity index (χ1) is 12.3. The van der Waals surface area contributed by atoms with E-state index in [1.165, 1.54) is 29.2 Å². The summed E-state index contributed by atoms with van der Waals surface area (Å²) in [5, 5.41) is 0. The summed E-state index contributed by atoms with van der Waals surface area (Å²) in [5.41, 5.74) is 6.60. The van der Waals surface area contributed by atoms with Gasteiger partial charge in [-0.1, -0.05) is 6.42 Å². The Kier molecular flexibility index (Phi) is 5.19. The number of sulfonamides is 1. The van der Waals surface area contributed by atoms with Crippen molar-refractivity contribution in [3.63, 3.8) is 0 Å². The summed E-state index contributed by atoms with van der Waals surface area (Å²) in [6.45, 7) is 0.322. The lowest BCUT2D eigenvalue weighted by atomic mass is 9.94. The van der Waals surface area contributed by atoms with Crippen molar-refractivity contribution in [3.05, 3.63) is 47.8 Å². The first-order valence-corrected chi connectivity index (χ1v) is 9.78. The first kappa shape index (κ1) is 18.3. The molecule has 1 amide bonds. The van der Waals surface area contributed by atoms with E-state index in [1.807, 2.05) is 0 Å². The van der Waals surface area contributed by atoms with Crippen LogP contribution in [0.5, 0.6) is 0 Å². The molecule has 0 aliphatic heterocycles. The highest BCUT2D eigenvalue weighted by molar-refractivity contribution is 7.89. The molecule has 1 aliphatic carbocycles. The van der Waals surface area contributed by atoms with Gasteiger partial charge in [0.25, 0.3) is 5.91 Å². The molecule has 3 N–H and O–H groups in total. The lowest BCUT2D eigenvalue weighted by Crippen LogP contribution is -2.39. The normalized spacial score (nSPS) is 14.7. The van der Waals surface area contributed by atoms with Crippen LogP contribution >= 0.6 is 0 Å². The maximum atomic E-state index is 12.5. The van der Waals surface area contributed by atoms with E-state index >= 15 is 0 Å². The van der Waals surface area contributed by atoms with Crippen LogP contribution in [-0.4, -0.2) is 42.3 Å². The second kappa shape index (κ2) is 7.38. The molecule has 26 heavy (non-hydrogen) atoms. The van der Waals surface area contributed by atoms with Gasteiger partial charge in [0, 0.05) is 43.2 Å². The average Bonchev–Trinajstić information content (AvgIpc) is 2.60. The lowest BCUT2D eigenvalue weighted by molar-refractivity contribution is 0.0785. The highest BCUT2D eigenvalue weighted by atomic mass is 32.2. The molecule has 1 saturated carbocycles. The van der Waals surface area contributed by atoms with Crippen LogP contribution in [0.1, 0.15) is 35.2 Å². The van der Waals surface area contributed by atoms with Crippen molar-refractivity contribution in [2.24, 2.45) is 0 Å². The monoisotopic (exact) mass is 375 g/mol. The molecule has 9 heteroatoms. The fraction of sp³-hybridized carbons (Fsp3) is 0.353. The standard InChI is InChI=1S/C17H21N5O3S/c1-22(11-12-9-19-17(18)20-10-12)16(23)13-5-7-15(8-6-13)26(24,25)21-14-3-2-4-14/h5-10,14,21H,2-4,11H2,1H3,(H2,18,19,20). The summed E-state index contributed by atoms with van der Waals surface area (Å²) in [7, 11) is -1.88. The van der Waals surface area contributed by atoms with E-state index < -0.39 is 10.0 Å². The number of nitrogen functional groups attached to an aromatic ring is 1. The molecular formula is C17H21N5O3S. The molecule has 138 valence electrons. The van der Waals surface area contributed by atoms with Crippen LogP contribution in [0.2, 0.25) is 0 Å². The number of amides is 1. The van der Waals surface area contributed by atoms with Gasteiger partial charge in [0.15, 0.2) is 0 Å². The van der Waals surface area contributed by atoms with Crippen LogP contribution in [0.3, 0.4) is 0 Å². The van der Waals surface area contributed by atoms with Crippen molar-refractivity contribution >= 4 is 21.9 Å². The predicted octanol–water partition coefficient (Wildman–Crippen LogP) is 1.16. The molecular weight excluding hydrogens is 354 g/mol. The van der Waals surface area contributed by atoms with Gasteiger partial charge in [-0.2, -0.15) is 0 Å². The van der Waals surface area contributed by atoms with Gasteiger partial charge in [-0.15, -0.1) is 0 Å². The topological polar surface area (TPSA) is 118 Å². The van der Waals surface area contributed by atoms with Gasteiger partial charge in [0.2, 0.25) is 16.0 Å². The Morgan fingerprint density at radius 1 is 1.23 bits per heavy atom. The Labute approximate surface area is 152 Å². The third kappa shape index (κ3) is 4.17. The molecule has 2 aromatic rings. The van der Waals surface area contributed by atoms with Crippen molar-refractivity contribution in [2.75, 3.05) is 12.8 Å². The number of hydrogen-bond acceptors (Lipinski definition) is 6. The lowest BCUT2D eigenvalue weighted by Gasteiger charge is -2.26. The molecule has 8 nitrogen and oxygen atoms in total. The molecule has 3 rings (SSSR count). The van der Waals surface area contributed by atoms with Gasteiger partial charge in [-0.3, -0.25) is 4.79 Å². The minimum absolute atomic E-state index is 0.0227. The number of hydrogen-bond donors (Lipinski definition) is 2. The molecule has 0 bridgehead atoms. The number of rotatable bonds is 6. The zero-order valence-corrected chi connectivity index (χ0v) is 15.2. The van der Waals surface area contributed by atoms with E-state index in [9.17, 15) is 13.2 Å². The Morgan fingerprint density at radius 3 is 2.38 bits per heavy atom. The second-order valence-electron chi connectivity index (χ2n) is 6.38. The average molecular weight is 375 g/mol. The van der Waals surface area contributed by atoms with Crippen molar-refractivity contribution < 1.29 is 13.2 Å². The van der Waals surface area contributed by atoms with Crippen molar-refractivity contribution in [1.82, 2.24) is 19.6 Å². The van der Waals surface area contributed by atoms with Crippen LogP contribution in [0.4, 0.5) is 5.95 Å². The Morgan fingerprint density at radius 2 is 1.85 bits per heavy atom. The zero-order chi connectivity index (χ0) is 18.7. The number of nitrogens with two attached hydrogens (primary N) is 1. The quantitative estimate of drug-likeness (QED) is 0.782. The summed E-state index contributed by atoms with van der Waals surface area (Å²) >= 11 is 0. The number of carbonyl (C=O) groups is 1. The number of aromatic nitrogens is 2. The highest BCUT2D eigenvalue weighted by Crippen LogP contribution is 2.21. The minimum atomic E-state index is -3.54. The minimum Gasteiger partial charge on any atom is -0.368 e. The van der Waals surface area contributed by atoms with E-state index in [1.54, 1.807) is 19.4 Å². The fourth-order valence-corrected chi connectivity index (χ4v) is 3.91. The molecule has 1 aliphatic rings. The summed E-state index contributed by atoms with van der Waals surface area (Å²) in [5.74, 6) is -0.0484. The third-order valence-corrected chi connectivity index (χ3v) is 5.87. The van der Waals surface area contributed by atoms with Crippen LogP contribution < -0.4 is 10.5 Å². The summed E-state index contributed by atoms with van der Waals surface area (Å²) in [6.07, 6.45) is 5.92. The molecule has 1 fully saturated rings. The van der Waals surface area contributed by atoms with Crippen LogP contribution in [0.25, 0.3) is 0 Å². The van der Waals surface area contributed by atoms with E-state index in [0.717, 1.165) is 24.8 Å². The van der Waals surface area contributed by atoms with E-state index in [-0.39, 0.29) is 22.8 Å². The Bertz CT molecular complexity index is 878. The molecule has 0 saturated heterocycles. The first-order valence-electron chi connectivity index (χ1n) is 8.29. The van der Waals surface area contributed by atoms with Gasteiger partial charge < -0.3 is 10.6 Å². The van der Waals surface area contributed by atoms with Crippen LogP contribution in [0, 0.1) is 0 Å². The van der Waals surface area contributed by atoms with Gasteiger partial charge in [-0.05, 0) is 37.1 Å². The van der Waals surface area contributed by atoms with Gasteiger partial charge in [0.1, 0.15) is 0 Å². The van der Waals surface area contributed by atoms with Gasteiger partial charge in [-0.25, -0.2) is 23.1 Å². The molecule has 1 aromatic carbocycles. The van der Waals surface area contributed by atoms with Crippen molar-refractivity contribution in [1.29, 1.82) is 0 Å². The maximum Gasteiger partial charge on any atom is 0.253 e. The second-order valence-corrected chi connectivity index (χ2v) is 8.10. The predicted molar refractivity (Wildman–Crippen MR) is 96.6 cm³/mol. The van der Waals surface area contributed by atoms with Crippen LogP contribution in [0.15, 0.2) is 41.6 Å². The van der Waals surface area contributed by atoms with Gasteiger partial charge in [0.05, 0.1) is 4.90 Å². The number of nitrogens with one attached hydrogen (secondary N) is 1. The SMILES string of the molecule is CN(Cc1cnc(N)nc1)C(=O)c1ccc(S(=O)(=O)NC2CCC2)cc1. The fourth-order valence-electron chi connectivity index (χ4n) is 2.60. The Balaban J connectivity index is 1.66. The maximum absolute atomic E-state index is 12.5. The summed E-state index contributed by atoms with van der Waals surface area (Å²) in [6, 6.07) is 5.97. The third-order valence-electron chi connectivity index (χ3n) is 4.33. The smallest absolute Gasteiger partial charge is 0.253 e. The van der Waals surface area contributed by atoms with E-state index in [4.69, 9.17) is 5.73 Å². The number of nitrogens with zero attached hydrogens (tertiary/aromatic N) is 3. The Hall–Kier alpha value is -2.52. The molecule has 0 spiro atoms. The van der Waals surface area contributed by atoms with Gasteiger partial charge >= 0.3 is 0 Å². The largest absolute Gasteiger partial charge is 0.368 e. The van der Waals surface area contributed by atoms with Crippen molar-refractivity contribution in [3.8, 4) is 0 Å². The number of benzene rings is 1. The summed E-state index contributed by atoms with van der Waals surface area (Å²) < 4.78 is 27.2. The highest BCUT2D eigenvalue weighted by Gasteiger charge is 2.25.